The summed E-state index contributed by atoms with van der Waals surface area (Å²) in [5.74, 6) is -1.11. The molecule has 1 aliphatic heterocycles. The summed E-state index contributed by atoms with van der Waals surface area (Å²) in [5.41, 5.74) is 0.788. The van der Waals surface area contributed by atoms with Crippen molar-refractivity contribution in [2.45, 2.75) is 19.9 Å². The molecule has 1 aliphatic rings. The van der Waals surface area contributed by atoms with Crippen LogP contribution in [0.2, 0.25) is 5.02 Å². The highest BCUT2D eigenvalue weighted by molar-refractivity contribution is 6.46. The van der Waals surface area contributed by atoms with Gasteiger partial charge in [0.05, 0.1) is 18.2 Å². The minimum absolute atomic E-state index is 0.0144. The van der Waals surface area contributed by atoms with Crippen molar-refractivity contribution >= 4 is 29.3 Å². The second kappa shape index (κ2) is 7.75. The molecule has 1 N–H and O–H groups in total. The van der Waals surface area contributed by atoms with Gasteiger partial charge in [-0.15, -0.1) is 0 Å². The van der Waals surface area contributed by atoms with E-state index in [0.29, 0.717) is 12.2 Å². The third-order valence-electron chi connectivity index (χ3n) is 4.00. The van der Waals surface area contributed by atoms with Gasteiger partial charge in [-0.3, -0.25) is 9.69 Å². The van der Waals surface area contributed by atoms with Crippen LogP contribution in [0.3, 0.4) is 0 Å². The standard InChI is InChI=1S/C19H16ClFN2O4/c1-2-27-16-9-11(7-13(20)17(16)24)8-15-18(25)23(19(26)22-15)10-12-5-3-4-6-14(12)21/h3-7,9,24H,2,8,10H2,1H3. The highest BCUT2D eigenvalue weighted by Crippen LogP contribution is 2.35. The summed E-state index contributed by atoms with van der Waals surface area (Å²) in [5, 5.41) is 9.95. The molecule has 8 heteroatoms. The van der Waals surface area contributed by atoms with E-state index in [0.717, 1.165) is 4.90 Å². The summed E-state index contributed by atoms with van der Waals surface area (Å²) in [6, 6.07) is 8.17. The largest absolute Gasteiger partial charge is 0.503 e. The van der Waals surface area contributed by atoms with E-state index in [1.807, 2.05) is 0 Å². The van der Waals surface area contributed by atoms with Crippen molar-refractivity contribution in [2.24, 2.45) is 4.99 Å². The van der Waals surface area contributed by atoms with Gasteiger partial charge >= 0.3 is 6.03 Å². The first-order chi connectivity index (χ1) is 12.9. The van der Waals surface area contributed by atoms with E-state index in [1.165, 1.54) is 30.3 Å². The first-order valence-electron chi connectivity index (χ1n) is 8.21. The van der Waals surface area contributed by atoms with Crippen molar-refractivity contribution in [2.75, 3.05) is 6.61 Å². The fraction of sp³-hybridized carbons (Fsp3) is 0.211. The Morgan fingerprint density at radius 1 is 1.26 bits per heavy atom. The third kappa shape index (κ3) is 3.93. The van der Waals surface area contributed by atoms with Crippen LogP contribution in [0.15, 0.2) is 41.4 Å². The van der Waals surface area contributed by atoms with E-state index < -0.39 is 17.8 Å². The fourth-order valence-electron chi connectivity index (χ4n) is 2.71. The van der Waals surface area contributed by atoms with Crippen LogP contribution in [0.1, 0.15) is 18.1 Å². The smallest absolute Gasteiger partial charge is 0.351 e. The summed E-state index contributed by atoms with van der Waals surface area (Å²) >= 11 is 5.98. The fourth-order valence-corrected chi connectivity index (χ4v) is 2.94. The molecule has 2 aromatic rings. The Morgan fingerprint density at radius 2 is 2.00 bits per heavy atom. The Kier molecular flexibility index (Phi) is 5.41. The van der Waals surface area contributed by atoms with E-state index in [1.54, 1.807) is 13.0 Å². The molecule has 0 radical (unpaired) electrons. The summed E-state index contributed by atoms with van der Waals surface area (Å²) in [7, 11) is 0. The van der Waals surface area contributed by atoms with E-state index in [2.05, 4.69) is 4.99 Å². The van der Waals surface area contributed by atoms with Gasteiger partial charge in [0.2, 0.25) is 0 Å². The van der Waals surface area contributed by atoms with Crippen LogP contribution >= 0.6 is 11.6 Å². The van der Waals surface area contributed by atoms with Gasteiger partial charge in [-0.05, 0) is 30.7 Å². The molecule has 3 rings (SSSR count). The highest BCUT2D eigenvalue weighted by atomic mass is 35.5. The molecule has 1 heterocycles. The second-order valence-corrected chi connectivity index (χ2v) is 6.27. The van der Waals surface area contributed by atoms with Gasteiger partial charge < -0.3 is 9.84 Å². The maximum Gasteiger partial charge on any atom is 0.351 e. The number of hydrogen-bond donors (Lipinski definition) is 1. The Labute approximate surface area is 159 Å². The zero-order valence-corrected chi connectivity index (χ0v) is 15.2. The Morgan fingerprint density at radius 3 is 2.70 bits per heavy atom. The average Bonchev–Trinajstić information content (AvgIpc) is 2.88. The van der Waals surface area contributed by atoms with Gasteiger partial charge in [0.25, 0.3) is 5.91 Å². The molecule has 0 saturated carbocycles. The summed E-state index contributed by atoms with van der Waals surface area (Å²) in [6.07, 6.45) is 0.0262. The predicted octanol–water partition coefficient (Wildman–Crippen LogP) is 3.73. The van der Waals surface area contributed by atoms with Crippen molar-refractivity contribution in [3.63, 3.8) is 0 Å². The number of imide groups is 1. The zero-order chi connectivity index (χ0) is 19.6. The molecule has 140 valence electrons. The van der Waals surface area contributed by atoms with Crippen LogP contribution in [0, 0.1) is 5.82 Å². The molecule has 0 aliphatic carbocycles. The molecule has 0 spiro atoms. The number of aromatic hydroxyl groups is 1. The van der Waals surface area contributed by atoms with Gasteiger partial charge in [0.1, 0.15) is 11.5 Å². The number of benzene rings is 2. The van der Waals surface area contributed by atoms with Gasteiger partial charge in [-0.25, -0.2) is 9.18 Å². The van der Waals surface area contributed by atoms with Crippen LogP contribution in [0.25, 0.3) is 0 Å². The number of halogens is 2. The number of ether oxygens (including phenoxy) is 1. The normalized spacial score (nSPS) is 13.9. The van der Waals surface area contributed by atoms with E-state index in [4.69, 9.17) is 16.3 Å². The van der Waals surface area contributed by atoms with Gasteiger partial charge in [-0.2, -0.15) is 4.99 Å². The number of carbonyl (C=O) groups is 2. The highest BCUT2D eigenvalue weighted by Gasteiger charge is 2.33. The molecule has 0 fully saturated rings. The van der Waals surface area contributed by atoms with Crippen molar-refractivity contribution < 1.29 is 23.8 Å². The summed E-state index contributed by atoms with van der Waals surface area (Å²) < 4.78 is 19.1. The average molecular weight is 391 g/mol. The van der Waals surface area contributed by atoms with Crippen LogP contribution in [0.5, 0.6) is 11.5 Å². The second-order valence-electron chi connectivity index (χ2n) is 5.86. The maximum absolute atomic E-state index is 13.8. The lowest BCUT2D eigenvalue weighted by atomic mass is 10.1. The monoisotopic (exact) mass is 390 g/mol. The van der Waals surface area contributed by atoms with Crippen LogP contribution in [0.4, 0.5) is 9.18 Å². The third-order valence-corrected chi connectivity index (χ3v) is 4.29. The molecule has 0 aromatic heterocycles. The lowest BCUT2D eigenvalue weighted by Crippen LogP contribution is -2.33. The van der Waals surface area contributed by atoms with Crippen molar-refractivity contribution in [3.8, 4) is 11.5 Å². The van der Waals surface area contributed by atoms with Crippen molar-refractivity contribution in [3.05, 3.63) is 58.4 Å². The molecule has 2 aromatic carbocycles. The molecule has 0 unspecified atom stereocenters. The van der Waals surface area contributed by atoms with E-state index >= 15 is 0 Å². The van der Waals surface area contributed by atoms with Gasteiger partial charge in [0, 0.05) is 12.0 Å². The van der Waals surface area contributed by atoms with E-state index in [9.17, 15) is 19.1 Å². The molecular formula is C19H16ClFN2O4. The number of carbonyl (C=O) groups excluding carboxylic acids is 2. The van der Waals surface area contributed by atoms with Crippen molar-refractivity contribution in [1.29, 1.82) is 0 Å². The predicted molar refractivity (Wildman–Crippen MR) is 97.8 cm³/mol. The topological polar surface area (TPSA) is 79.2 Å². The minimum Gasteiger partial charge on any atom is -0.503 e. The Balaban J connectivity index is 1.79. The molecule has 6 nitrogen and oxygen atoms in total. The van der Waals surface area contributed by atoms with Gasteiger partial charge in [-0.1, -0.05) is 29.8 Å². The number of amides is 3. The molecule has 0 atom stereocenters. The zero-order valence-electron chi connectivity index (χ0n) is 14.4. The maximum atomic E-state index is 13.8. The lowest BCUT2D eigenvalue weighted by Gasteiger charge is -2.14. The van der Waals surface area contributed by atoms with Crippen molar-refractivity contribution in [1.82, 2.24) is 4.90 Å². The summed E-state index contributed by atoms with van der Waals surface area (Å²) in [4.78, 5) is 29.3. The number of urea groups is 1. The quantitative estimate of drug-likeness (QED) is 0.815. The molecular weight excluding hydrogens is 375 g/mol. The lowest BCUT2D eigenvalue weighted by molar-refractivity contribution is -0.121. The molecule has 3 amide bonds. The van der Waals surface area contributed by atoms with E-state index in [-0.39, 0.29) is 40.8 Å². The number of phenols is 1. The number of rotatable bonds is 6. The number of nitrogens with zero attached hydrogens (tertiary/aromatic N) is 2. The minimum atomic E-state index is -0.742. The number of phenolic OH excluding ortho intramolecular Hbond substituents is 1. The van der Waals surface area contributed by atoms with Gasteiger partial charge in [0.15, 0.2) is 11.5 Å². The summed E-state index contributed by atoms with van der Waals surface area (Å²) in [6.45, 7) is 1.88. The Hall–Kier alpha value is -2.93. The van der Waals surface area contributed by atoms with Crippen LogP contribution in [-0.2, 0) is 17.8 Å². The molecule has 0 saturated heterocycles. The Bertz CT molecular complexity index is 945. The SMILES string of the molecule is CCOc1cc(CC2=NC(=O)N(Cc3ccccc3F)C2=O)cc(Cl)c1O. The first-order valence-corrected chi connectivity index (χ1v) is 8.59. The number of hydrogen-bond acceptors (Lipinski definition) is 4. The van der Waals surface area contributed by atoms with Crippen LogP contribution < -0.4 is 4.74 Å². The first kappa shape index (κ1) is 18.8. The molecule has 0 bridgehead atoms. The van der Waals surface area contributed by atoms with Crippen LogP contribution in [-0.4, -0.2) is 34.3 Å². The molecule has 27 heavy (non-hydrogen) atoms. The number of aliphatic imine (C=N–C) groups is 1.